The zero-order valence-electron chi connectivity index (χ0n) is 16.7. The van der Waals surface area contributed by atoms with Crippen LogP contribution in [0.15, 0.2) is 30.5 Å². The molecule has 3 fully saturated rings. The highest BCUT2D eigenvalue weighted by molar-refractivity contribution is 5.95. The summed E-state index contributed by atoms with van der Waals surface area (Å²) < 4.78 is 27.7. The Morgan fingerprint density at radius 2 is 1.90 bits per heavy atom. The Bertz CT molecular complexity index is 906. The predicted molar refractivity (Wildman–Crippen MR) is 106 cm³/mol. The number of hydrogen-bond acceptors (Lipinski definition) is 2. The van der Waals surface area contributed by atoms with Gasteiger partial charge in [-0.25, -0.2) is 8.78 Å². The Morgan fingerprint density at radius 3 is 2.62 bits per heavy atom. The summed E-state index contributed by atoms with van der Waals surface area (Å²) in [7, 11) is 0. The van der Waals surface area contributed by atoms with Crippen molar-refractivity contribution in [3.8, 4) is 0 Å². The first-order valence-electron chi connectivity index (χ1n) is 10.6. The van der Waals surface area contributed by atoms with Gasteiger partial charge >= 0.3 is 0 Å². The number of likely N-dealkylation sites (tertiary alicyclic amines) is 1. The van der Waals surface area contributed by atoms with Crippen molar-refractivity contribution >= 4 is 5.91 Å². The van der Waals surface area contributed by atoms with Gasteiger partial charge in [0.2, 0.25) is 0 Å². The maximum absolute atomic E-state index is 13.8. The molecule has 4 atom stereocenters. The fraction of sp³-hybridized carbons (Fsp3) is 0.522. The SMILES string of the molecule is Cc1[nH]ccc1C(=O)N1C[C@@H]2C[C@H](C1)[C@@H]1CCC[C@H](c3cc(F)cc(F)c3)N1C2. The van der Waals surface area contributed by atoms with Crippen LogP contribution in [0, 0.1) is 30.4 Å². The minimum Gasteiger partial charge on any atom is -0.365 e. The van der Waals surface area contributed by atoms with Crippen LogP contribution >= 0.6 is 0 Å². The standard InChI is InChI=1S/C23H27F2N3O/c1-14-20(5-6-26-14)23(29)27-11-15-7-17(13-27)22-4-2-3-21(28(22)12-15)16-8-18(24)10-19(25)9-16/h5-6,8-10,15,17,21-22,26H,2-4,7,11-13H2,1H3/t15-,17+,21+,22-/m0/s1. The molecule has 2 aromatic rings. The third-order valence-corrected chi connectivity index (χ3v) is 7.13. The first-order valence-corrected chi connectivity index (χ1v) is 10.6. The maximum Gasteiger partial charge on any atom is 0.255 e. The van der Waals surface area contributed by atoms with Crippen LogP contribution in [0.2, 0.25) is 0 Å². The molecule has 0 radical (unpaired) electrons. The van der Waals surface area contributed by atoms with Gasteiger partial charge in [0.25, 0.3) is 5.91 Å². The number of aryl methyl sites for hydroxylation is 1. The first kappa shape index (κ1) is 18.8. The molecule has 0 spiro atoms. The van der Waals surface area contributed by atoms with Crippen LogP contribution in [-0.2, 0) is 0 Å². The fourth-order valence-electron chi connectivity index (χ4n) is 5.95. The van der Waals surface area contributed by atoms with Gasteiger partial charge < -0.3 is 9.88 Å². The molecule has 5 rings (SSSR count). The van der Waals surface area contributed by atoms with Crippen molar-refractivity contribution in [3.63, 3.8) is 0 Å². The second-order valence-corrected chi connectivity index (χ2v) is 9.00. The number of nitrogens with zero attached hydrogens (tertiary/aromatic N) is 2. The average Bonchev–Trinajstić information content (AvgIpc) is 3.12. The third kappa shape index (κ3) is 3.37. The zero-order valence-corrected chi connectivity index (χ0v) is 16.7. The van der Waals surface area contributed by atoms with E-state index in [9.17, 15) is 13.6 Å². The molecule has 1 amide bonds. The van der Waals surface area contributed by atoms with Crippen molar-refractivity contribution in [1.82, 2.24) is 14.8 Å². The molecule has 3 aliphatic heterocycles. The van der Waals surface area contributed by atoms with E-state index in [1.165, 1.54) is 12.1 Å². The highest BCUT2D eigenvalue weighted by Gasteiger charge is 2.46. The Labute approximate surface area is 169 Å². The molecule has 3 aliphatic rings. The van der Waals surface area contributed by atoms with Gasteiger partial charge in [0.05, 0.1) is 5.56 Å². The van der Waals surface area contributed by atoms with E-state index in [2.05, 4.69) is 9.88 Å². The van der Waals surface area contributed by atoms with Crippen LogP contribution in [0.1, 0.15) is 53.3 Å². The summed E-state index contributed by atoms with van der Waals surface area (Å²) in [6.07, 6.45) is 6.04. The Hall–Kier alpha value is -2.21. The van der Waals surface area contributed by atoms with E-state index >= 15 is 0 Å². The zero-order chi connectivity index (χ0) is 20.1. The lowest BCUT2D eigenvalue weighted by molar-refractivity contribution is -0.0512. The fourth-order valence-corrected chi connectivity index (χ4v) is 5.95. The topological polar surface area (TPSA) is 39.3 Å². The number of rotatable bonds is 2. The van der Waals surface area contributed by atoms with Gasteiger partial charge in [-0.15, -0.1) is 0 Å². The molecule has 1 N–H and O–H groups in total. The summed E-state index contributed by atoms with van der Waals surface area (Å²) in [6, 6.07) is 6.23. The molecular weight excluding hydrogens is 372 g/mol. The quantitative estimate of drug-likeness (QED) is 0.818. The van der Waals surface area contributed by atoms with Crippen molar-refractivity contribution < 1.29 is 13.6 Å². The number of carbonyl (C=O) groups excluding carboxylic acids is 1. The Morgan fingerprint density at radius 1 is 1.10 bits per heavy atom. The number of aromatic nitrogens is 1. The number of benzene rings is 1. The number of halogens is 2. The van der Waals surface area contributed by atoms with Crippen molar-refractivity contribution in [2.45, 2.75) is 44.7 Å². The van der Waals surface area contributed by atoms with Gasteiger partial charge in [0, 0.05) is 49.7 Å². The molecule has 4 nitrogen and oxygen atoms in total. The van der Waals surface area contributed by atoms with Crippen LogP contribution in [-0.4, -0.2) is 46.4 Å². The van der Waals surface area contributed by atoms with Gasteiger partial charge in [-0.05, 0) is 68.2 Å². The number of piperidine rings is 3. The molecular formula is C23H27F2N3O. The van der Waals surface area contributed by atoms with Gasteiger partial charge in [0.15, 0.2) is 0 Å². The van der Waals surface area contributed by atoms with Crippen LogP contribution in [0.5, 0.6) is 0 Å². The van der Waals surface area contributed by atoms with Crippen molar-refractivity contribution in [3.05, 3.63) is 58.9 Å². The number of nitrogens with one attached hydrogen (secondary N) is 1. The molecule has 0 aliphatic carbocycles. The Kier molecular flexibility index (Phi) is 4.69. The summed E-state index contributed by atoms with van der Waals surface area (Å²) in [5.74, 6) is -0.0542. The molecule has 4 heterocycles. The number of fused-ring (bicyclic) bond motifs is 4. The van der Waals surface area contributed by atoms with E-state index in [0.717, 1.165) is 68.2 Å². The van der Waals surface area contributed by atoms with Gasteiger partial charge in [0.1, 0.15) is 11.6 Å². The highest BCUT2D eigenvalue weighted by atomic mass is 19.1. The summed E-state index contributed by atoms with van der Waals surface area (Å²) >= 11 is 0. The van der Waals surface area contributed by atoms with Gasteiger partial charge in [-0.2, -0.15) is 0 Å². The number of amides is 1. The predicted octanol–water partition coefficient (Wildman–Crippen LogP) is 4.29. The van der Waals surface area contributed by atoms with E-state index in [1.54, 1.807) is 0 Å². The molecule has 3 saturated heterocycles. The average molecular weight is 399 g/mol. The molecule has 2 bridgehead atoms. The lowest BCUT2D eigenvalue weighted by Crippen LogP contribution is -2.60. The van der Waals surface area contributed by atoms with Crippen molar-refractivity contribution in [1.29, 1.82) is 0 Å². The minimum absolute atomic E-state index is 0.0680. The van der Waals surface area contributed by atoms with Gasteiger partial charge in [-0.3, -0.25) is 9.69 Å². The number of H-pyrrole nitrogens is 1. The lowest BCUT2D eigenvalue weighted by Gasteiger charge is -2.55. The smallest absolute Gasteiger partial charge is 0.255 e. The molecule has 0 saturated carbocycles. The van der Waals surface area contributed by atoms with E-state index in [1.807, 2.05) is 24.1 Å². The number of aromatic amines is 1. The van der Waals surface area contributed by atoms with E-state index in [0.29, 0.717) is 17.9 Å². The summed E-state index contributed by atoms with van der Waals surface area (Å²) in [4.78, 5) is 20.7. The number of hydrogen-bond donors (Lipinski definition) is 1. The highest BCUT2D eigenvalue weighted by Crippen LogP contribution is 2.44. The van der Waals surface area contributed by atoms with Crippen LogP contribution in [0.4, 0.5) is 8.78 Å². The lowest BCUT2D eigenvalue weighted by atomic mass is 9.73. The molecule has 1 aromatic heterocycles. The van der Waals surface area contributed by atoms with Crippen LogP contribution in [0.3, 0.4) is 0 Å². The van der Waals surface area contributed by atoms with Crippen LogP contribution < -0.4 is 0 Å². The Balaban J connectivity index is 1.38. The van der Waals surface area contributed by atoms with E-state index in [4.69, 9.17) is 0 Å². The first-order chi connectivity index (χ1) is 14.0. The van der Waals surface area contributed by atoms with E-state index < -0.39 is 11.6 Å². The molecule has 6 heteroatoms. The number of carbonyl (C=O) groups is 1. The summed E-state index contributed by atoms with van der Waals surface area (Å²) in [6.45, 7) is 4.35. The molecule has 154 valence electrons. The monoisotopic (exact) mass is 399 g/mol. The second-order valence-electron chi connectivity index (χ2n) is 9.00. The minimum atomic E-state index is -0.502. The third-order valence-electron chi connectivity index (χ3n) is 7.13. The van der Waals surface area contributed by atoms with E-state index in [-0.39, 0.29) is 11.9 Å². The van der Waals surface area contributed by atoms with Crippen molar-refractivity contribution in [2.75, 3.05) is 19.6 Å². The molecule has 29 heavy (non-hydrogen) atoms. The second kappa shape index (κ2) is 7.24. The maximum atomic E-state index is 13.8. The van der Waals surface area contributed by atoms with Crippen molar-refractivity contribution in [2.24, 2.45) is 11.8 Å². The van der Waals surface area contributed by atoms with Crippen LogP contribution in [0.25, 0.3) is 0 Å². The largest absolute Gasteiger partial charge is 0.365 e. The summed E-state index contributed by atoms with van der Waals surface area (Å²) in [5.41, 5.74) is 2.43. The summed E-state index contributed by atoms with van der Waals surface area (Å²) in [5, 5.41) is 0. The molecule has 1 aromatic carbocycles. The van der Waals surface area contributed by atoms with Gasteiger partial charge in [-0.1, -0.05) is 0 Å². The normalized spacial score (nSPS) is 29.6. The molecule has 0 unspecified atom stereocenters.